The van der Waals surface area contributed by atoms with E-state index >= 15 is 0 Å². The zero-order valence-electron chi connectivity index (χ0n) is 18.8. The summed E-state index contributed by atoms with van der Waals surface area (Å²) < 4.78 is 2.09. The maximum atomic E-state index is 12.8. The molecule has 0 unspecified atom stereocenters. The molecule has 2 aliphatic rings. The number of nitrogens with zero attached hydrogens (tertiary/aromatic N) is 5. The van der Waals surface area contributed by atoms with Crippen molar-refractivity contribution in [2.24, 2.45) is 5.92 Å². The molecule has 1 amide bonds. The van der Waals surface area contributed by atoms with Gasteiger partial charge in [0, 0.05) is 50.0 Å². The number of carbonyl (C=O) groups excluding carboxylic acids is 1. The number of rotatable bonds is 5. The Bertz CT molecular complexity index is 1060. The average molecular weight is 433 g/mol. The first-order valence-corrected chi connectivity index (χ1v) is 11.9. The molecule has 0 spiro atoms. The highest BCUT2D eigenvalue weighted by Gasteiger charge is 2.27. The zero-order valence-corrected chi connectivity index (χ0v) is 18.8. The zero-order chi connectivity index (χ0) is 21.9. The summed E-state index contributed by atoms with van der Waals surface area (Å²) in [5, 5.41) is 11.8. The normalized spacial score (nSPS) is 17.7. The van der Waals surface area contributed by atoms with Crippen molar-refractivity contribution in [1.29, 1.82) is 0 Å². The molecule has 3 aromatic rings. The predicted octanol–water partition coefficient (Wildman–Crippen LogP) is 3.56. The van der Waals surface area contributed by atoms with Gasteiger partial charge in [-0.3, -0.25) is 9.20 Å². The summed E-state index contributed by atoms with van der Waals surface area (Å²) >= 11 is 0. The van der Waals surface area contributed by atoms with E-state index in [2.05, 4.69) is 67.0 Å². The molecule has 1 aromatic carbocycles. The lowest BCUT2D eigenvalue weighted by Crippen LogP contribution is -2.41. The summed E-state index contributed by atoms with van der Waals surface area (Å²) in [4.78, 5) is 17.5. The van der Waals surface area contributed by atoms with Crippen LogP contribution in [0.2, 0.25) is 0 Å². The molecule has 32 heavy (non-hydrogen) atoms. The van der Waals surface area contributed by atoms with Crippen LogP contribution in [0.25, 0.3) is 5.65 Å². The van der Waals surface area contributed by atoms with Crippen molar-refractivity contribution in [3.8, 4) is 0 Å². The third kappa shape index (κ3) is 4.29. The largest absolute Gasteiger partial charge is 0.372 e. The fraction of sp³-hybridized carbons (Fsp3) is 0.480. The molecule has 7 heteroatoms. The van der Waals surface area contributed by atoms with Gasteiger partial charge >= 0.3 is 0 Å². The Morgan fingerprint density at radius 1 is 0.938 bits per heavy atom. The highest BCUT2D eigenvalue weighted by molar-refractivity contribution is 5.79. The van der Waals surface area contributed by atoms with Gasteiger partial charge in [0.1, 0.15) is 0 Å². The van der Waals surface area contributed by atoms with E-state index in [1.807, 2.05) is 12.1 Å². The van der Waals surface area contributed by atoms with Gasteiger partial charge in [0.05, 0.1) is 0 Å². The first-order chi connectivity index (χ1) is 15.7. The third-order valence-electron chi connectivity index (χ3n) is 6.88. The van der Waals surface area contributed by atoms with Crippen LogP contribution in [0.3, 0.4) is 0 Å². The van der Waals surface area contributed by atoms with Crippen LogP contribution in [-0.4, -0.2) is 46.7 Å². The lowest BCUT2D eigenvalue weighted by molar-refractivity contribution is -0.125. The summed E-state index contributed by atoms with van der Waals surface area (Å²) in [6, 6.07) is 14.7. The smallest absolute Gasteiger partial charge is 0.231 e. The summed E-state index contributed by atoms with van der Waals surface area (Å²) in [5.41, 5.74) is 4.44. The van der Waals surface area contributed by atoms with Crippen LogP contribution < -0.4 is 15.1 Å². The number of benzene rings is 1. The minimum atomic E-state index is 0.0548. The van der Waals surface area contributed by atoms with Crippen LogP contribution in [0.5, 0.6) is 0 Å². The molecule has 2 aromatic heterocycles. The molecule has 2 fully saturated rings. The number of aromatic nitrogens is 3. The van der Waals surface area contributed by atoms with Crippen LogP contribution in [0.1, 0.15) is 43.4 Å². The average Bonchev–Trinajstić information content (AvgIpc) is 3.29. The van der Waals surface area contributed by atoms with Gasteiger partial charge in [-0.05, 0) is 68.9 Å². The van der Waals surface area contributed by atoms with Gasteiger partial charge in [-0.15, -0.1) is 10.2 Å². The molecule has 0 atom stereocenters. The summed E-state index contributed by atoms with van der Waals surface area (Å²) in [6.07, 6.45) is 5.57. The Hall–Kier alpha value is -3.09. The second kappa shape index (κ2) is 9.18. The quantitative estimate of drug-likeness (QED) is 0.668. The Balaban J connectivity index is 1.13. The van der Waals surface area contributed by atoms with Crippen LogP contribution >= 0.6 is 0 Å². The number of piperidine rings is 2. The minimum absolute atomic E-state index is 0.0548. The van der Waals surface area contributed by atoms with Crippen molar-refractivity contribution < 1.29 is 4.79 Å². The number of carbonyl (C=O) groups is 1. The Morgan fingerprint density at radius 2 is 1.69 bits per heavy atom. The number of hydrogen-bond donors (Lipinski definition) is 1. The number of pyridine rings is 1. The van der Waals surface area contributed by atoms with E-state index in [0.29, 0.717) is 6.54 Å². The maximum Gasteiger partial charge on any atom is 0.231 e. The fourth-order valence-corrected chi connectivity index (χ4v) is 4.94. The second-order valence-corrected chi connectivity index (χ2v) is 9.05. The van der Waals surface area contributed by atoms with E-state index in [9.17, 15) is 4.79 Å². The molecule has 0 bridgehead atoms. The molecule has 0 aliphatic carbocycles. The maximum absolute atomic E-state index is 12.8. The number of fused-ring (bicyclic) bond motifs is 1. The number of anilines is 2. The molecule has 168 valence electrons. The van der Waals surface area contributed by atoms with Gasteiger partial charge in [0.15, 0.2) is 5.65 Å². The molecule has 7 nitrogen and oxygen atoms in total. The second-order valence-electron chi connectivity index (χ2n) is 9.05. The van der Waals surface area contributed by atoms with Gasteiger partial charge in [-0.1, -0.05) is 18.2 Å². The standard InChI is InChI=1S/C25H32N6O/c1-19-6-5-7-23-27-28-25(31(19)23)30-16-12-21(13-17-30)24(32)26-18-20-8-10-22(11-9-20)29-14-3-2-4-15-29/h5-11,21H,2-4,12-18H2,1H3,(H,26,32). The van der Waals surface area contributed by atoms with Gasteiger partial charge in [-0.2, -0.15) is 0 Å². The van der Waals surface area contributed by atoms with E-state index in [0.717, 1.165) is 61.9 Å². The van der Waals surface area contributed by atoms with Crippen molar-refractivity contribution in [2.45, 2.75) is 45.6 Å². The van der Waals surface area contributed by atoms with E-state index in [-0.39, 0.29) is 11.8 Å². The molecular formula is C25H32N6O. The molecule has 0 saturated carbocycles. The SMILES string of the molecule is Cc1cccc2nnc(N3CCC(C(=O)NCc4ccc(N5CCCCC5)cc4)CC3)n12. The lowest BCUT2D eigenvalue weighted by Gasteiger charge is -2.31. The summed E-state index contributed by atoms with van der Waals surface area (Å²) in [7, 11) is 0. The highest BCUT2D eigenvalue weighted by Crippen LogP contribution is 2.24. The molecule has 1 N–H and O–H groups in total. The minimum Gasteiger partial charge on any atom is -0.372 e. The van der Waals surface area contributed by atoms with Crippen molar-refractivity contribution in [3.63, 3.8) is 0 Å². The predicted molar refractivity (Wildman–Crippen MR) is 127 cm³/mol. The van der Waals surface area contributed by atoms with Gasteiger partial charge in [0.2, 0.25) is 11.9 Å². The van der Waals surface area contributed by atoms with Crippen molar-refractivity contribution >= 4 is 23.2 Å². The number of aryl methyl sites for hydroxylation is 1. The Labute approximate surface area is 189 Å². The molecule has 0 radical (unpaired) electrons. The molecular weight excluding hydrogens is 400 g/mol. The van der Waals surface area contributed by atoms with E-state index < -0.39 is 0 Å². The number of hydrogen-bond acceptors (Lipinski definition) is 5. The topological polar surface area (TPSA) is 65.8 Å². The summed E-state index contributed by atoms with van der Waals surface area (Å²) in [5.74, 6) is 1.09. The van der Waals surface area contributed by atoms with Gasteiger partial charge in [0.25, 0.3) is 0 Å². The lowest BCUT2D eigenvalue weighted by atomic mass is 9.96. The number of amides is 1. The van der Waals surface area contributed by atoms with Crippen molar-refractivity contribution in [3.05, 3.63) is 53.7 Å². The molecule has 2 aliphatic heterocycles. The molecule has 2 saturated heterocycles. The Morgan fingerprint density at radius 3 is 2.44 bits per heavy atom. The monoisotopic (exact) mass is 432 g/mol. The number of nitrogens with one attached hydrogen (secondary N) is 1. The first-order valence-electron chi connectivity index (χ1n) is 11.9. The van der Waals surface area contributed by atoms with Crippen LogP contribution in [-0.2, 0) is 11.3 Å². The van der Waals surface area contributed by atoms with Crippen LogP contribution in [0, 0.1) is 12.8 Å². The van der Waals surface area contributed by atoms with E-state index in [4.69, 9.17) is 0 Å². The van der Waals surface area contributed by atoms with Gasteiger partial charge in [-0.25, -0.2) is 0 Å². The third-order valence-corrected chi connectivity index (χ3v) is 6.88. The van der Waals surface area contributed by atoms with Crippen molar-refractivity contribution in [2.75, 3.05) is 36.0 Å². The summed E-state index contributed by atoms with van der Waals surface area (Å²) in [6.45, 7) is 6.60. The Kier molecular flexibility index (Phi) is 5.97. The van der Waals surface area contributed by atoms with E-state index in [1.165, 1.54) is 24.9 Å². The highest BCUT2D eigenvalue weighted by atomic mass is 16.1. The van der Waals surface area contributed by atoms with Gasteiger partial charge < -0.3 is 15.1 Å². The molecule has 5 rings (SSSR count). The van der Waals surface area contributed by atoms with E-state index in [1.54, 1.807) is 0 Å². The first kappa shape index (κ1) is 20.8. The fourth-order valence-electron chi connectivity index (χ4n) is 4.94. The van der Waals surface area contributed by atoms with Crippen LogP contribution in [0.15, 0.2) is 42.5 Å². The van der Waals surface area contributed by atoms with Crippen LogP contribution in [0.4, 0.5) is 11.6 Å². The molecule has 4 heterocycles. The van der Waals surface area contributed by atoms with Crippen molar-refractivity contribution in [1.82, 2.24) is 19.9 Å².